The third kappa shape index (κ3) is 4.11. The van der Waals surface area contributed by atoms with Crippen LogP contribution in [0, 0.1) is 0 Å². The lowest BCUT2D eigenvalue weighted by molar-refractivity contribution is -0.899. The minimum atomic E-state index is 0.0556. The van der Waals surface area contributed by atoms with Crippen LogP contribution >= 0.6 is 15.9 Å². The molecule has 5 heteroatoms. The van der Waals surface area contributed by atoms with E-state index in [-0.39, 0.29) is 5.91 Å². The van der Waals surface area contributed by atoms with E-state index < -0.39 is 0 Å². The molecule has 1 aliphatic rings. The van der Waals surface area contributed by atoms with Crippen molar-refractivity contribution in [3.63, 3.8) is 0 Å². The van der Waals surface area contributed by atoms with E-state index in [1.807, 2.05) is 24.3 Å². The fourth-order valence-corrected chi connectivity index (χ4v) is 2.23. The standard InChI is InChI=1S/C12H15BrN2O2/c13-10-2-1-3-11(8-10)14-12(16)9-15-4-6-17-7-5-15/h1-3,8H,4-7,9H2,(H,14,16)/p+1. The van der Waals surface area contributed by atoms with E-state index >= 15 is 0 Å². The van der Waals surface area contributed by atoms with Crippen LogP contribution < -0.4 is 10.2 Å². The molecule has 2 N–H and O–H groups in total. The molecular weight excluding hydrogens is 284 g/mol. The maximum atomic E-state index is 11.8. The van der Waals surface area contributed by atoms with Crippen LogP contribution in [0.4, 0.5) is 5.69 Å². The smallest absolute Gasteiger partial charge is 0.279 e. The monoisotopic (exact) mass is 299 g/mol. The first-order chi connectivity index (χ1) is 8.24. The van der Waals surface area contributed by atoms with Gasteiger partial charge in [0.2, 0.25) is 0 Å². The Balaban J connectivity index is 1.84. The molecule has 1 fully saturated rings. The molecule has 0 saturated carbocycles. The molecule has 92 valence electrons. The van der Waals surface area contributed by atoms with Crippen molar-refractivity contribution in [1.29, 1.82) is 0 Å². The van der Waals surface area contributed by atoms with Crippen LogP contribution in [0.1, 0.15) is 0 Å². The Bertz CT molecular complexity index is 392. The highest BCUT2D eigenvalue weighted by molar-refractivity contribution is 9.10. The van der Waals surface area contributed by atoms with Crippen LogP contribution in [0.25, 0.3) is 0 Å². The van der Waals surface area contributed by atoms with Crippen molar-refractivity contribution in [3.05, 3.63) is 28.7 Å². The molecule has 1 heterocycles. The summed E-state index contributed by atoms with van der Waals surface area (Å²) in [5, 5.41) is 2.90. The van der Waals surface area contributed by atoms with Crippen molar-refractivity contribution < 1.29 is 14.4 Å². The number of morpholine rings is 1. The molecule has 17 heavy (non-hydrogen) atoms. The van der Waals surface area contributed by atoms with Crippen LogP contribution in [-0.4, -0.2) is 38.8 Å². The average Bonchev–Trinajstić information content (AvgIpc) is 2.30. The van der Waals surface area contributed by atoms with Gasteiger partial charge < -0.3 is 15.0 Å². The minimum Gasteiger partial charge on any atom is -0.370 e. The third-order valence-corrected chi connectivity index (χ3v) is 3.21. The van der Waals surface area contributed by atoms with Gasteiger partial charge in [-0.3, -0.25) is 4.79 Å². The van der Waals surface area contributed by atoms with Crippen molar-refractivity contribution in [2.75, 3.05) is 38.2 Å². The maximum absolute atomic E-state index is 11.8. The molecule has 1 aromatic rings. The van der Waals surface area contributed by atoms with Crippen LogP contribution in [-0.2, 0) is 9.53 Å². The zero-order chi connectivity index (χ0) is 12.1. The van der Waals surface area contributed by atoms with Gasteiger partial charge in [-0.25, -0.2) is 0 Å². The summed E-state index contributed by atoms with van der Waals surface area (Å²) in [4.78, 5) is 13.1. The topological polar surface area (TPSA) is 42.8 Å². The highest BCUT2D eigenvalue weighted by atomic mass is 79.9. The minimum absolute atomic E-state index is 0.0556. The number of amides is 1. The molecule has 4 nitrogen and oxygen atoms in total. The Labute approximate surface area is 109 Å². The lowest BCUT2D eigenvalue weighted by atomic mass is 10.3. The summed E-state index contributed by atoms with van der Waals surface area (Å²) in [5.74, 6) is 0.0556. The van der Waals surface area contributed by atoms with Crippen molar-refractivity contribution in [3.8, 4) is 0 Å². The highest BCUT2D eigenvalue weighted by Gasteiger charge is 2.17. The quantitative estimate of drug-likeness (QED) is 0.843. The first-order valence-electron chi connectivity index (χ1n) is 5.71. The molecule has 0 radical (unpaired) electrons. The number of rotatable bonds is 3. The van der Waals surface area contributed by atoms with E-state index in [2.05, 4.69) is 21.2 Å². The largest absolute Gasteiger partial charge is 0.370 e. The van der Waals surface area contributed by atoms with Crippen molar-refractivity contribution in [1.82, 2.24) is 0 Å². The normalized spacial score (nSPS) is 16.8. The number of carbonyl (C=O) groups is 1. The molecular formula is C12H16BrN2O2+. The summed E-state index contributed by atoms with van der Waals surface area (Å²) in [6.07, 6.45) is 0. The molecule has 2 rings (SSSR count). The summed E-state index contributed by atoms with van der Waals surface area (Å²) in [6, 6.07) is 7.62. The van der Waals surface area contributed by atoms with Crippen LogP contribution in [0.5, 0.6) is 0 Å². The molecule has 0 spiro atoms. The number of carbonyl (C=O) groups excluding carboxylic acids is 1. The second-order valence-corrected chi connectivity index (χ2v) is 5.01. The zero-order valence-corrected chi connectivity index (χ0v) is 11.1. The van der Waals surface area contributed by atoms with Gasteiger partial charge in [0.15, 0.2) is 6.54 Å². The molecule has 0 aliphatic carbocycles. The van der Waals surface area contributed by atoms with E-state index in [4.69, 9.17) is 4.74 Å². The number of hydrogen-bond donors (Lipinski definition) is 2. The number of benzene rings is 1. The molecule has 0 atom stereocenters. The number of hydrogen-bond acceptors (Lipinski definition) is 2. The maximum Gasteiger partial charge on any atom is 0.279 e. The predicted octanol–water partition coefficient (Wildman–Crippen LogP) is 0.303. The summed E-state index contributed by atoms with van der Waals surface area (Å²) >= 11 is 3.38. The molecule has 0 bridgehead atoms. The van der Waals surface area contributed by atoms with E-state index in [0.717, 1.165) is 36.5 Å². The van der Waals surface area contributed by atoms with Gasteiger partial charge in [0.1, 0.15) is 13.1 Å². The van der Waals surface area contributed by atoms with Gasteiger partial charge in [-0.05, 0) is 18.2 Å². The summed E-state index contributed by atoms with van der Waals surface area (Å²) in [6.45, 7) is 3.83. The lowest BCUT2D eigenvalue weighted by Crippen LogP contribution is -3.15. The van der Waals surface area contributed by atoms with E-state index in [9.17, 15) is 4.79 Å². The van der Waals surface area contributed by atoms with Gasteiger partial charge in [0.05, 0.1) is 13.2 Å². The van der Waals surface area contributed by atoms with Gasteiger partial charge in [0.25, 0.3) is 5.91 Å². The average molecular weight is 300 g/mol. The Morgan fingerprint density at radius 2 is 2.18 bits per heavy atom. The van der Waals surface area contributed by atoms with Gasteiger partial charge in [0, 0.05) is 10.2 Å². The molecule has 1 aromatic carbocycles. The third-order valence-electron chi connectivity index (χ3n) is 2.72. The summed E-state index contributed by atoms with van der Waals surface area (Å²) in [5.41, 5.74) is 0.831. The Kier molecular flexibility index (Phi) is 4.53. The van der Waals surface area contributed by atoms with Crippen molar-refractivity contribution >= 4 is 27.5 Å². The first-order valence-corrected chi connectivity index (χ1v) is 6.50. The number of halogens is 1. The van der Waals surface area contributed by atoms with Crippen LogP contribution in [0.15, 0.2) is 28.7 Å². The summed E-state index contributed by atoms with van der Waals surface area (Å²) < 4.78 is 6.22. The molecule has 0 aromatic heterocycles. The van der Waals surface area contributed by atoms with Crippen LogP contribution in [0.2, 0.25) is 0 Å². The SMILES string of the molecule is O=C(C[NH+]1CCOCC1)Nc1cccc(Br)c1. The van der Waals surface area contributed by atoms with E-state index in [0.29, 0.717) is 6.54 Å². The van der Waals surface area contributed by atoms with Crippen molar-refractivity contribution in [2.45, 2.75) is 0 Å². The molecule has 0 unspecified atom stereocenters. The van der Waals surface area contributed by atoms with Gasteiger partial charge in [-0.2, -0.15) is 0 Å². The molecule has 1 aliphatic heterocycles. The fraction of sp³-hybridized carbons (Fsp3) is 0.417. The molecule has 1 saturated heterocycles. The van der Waals surface area contributed by atoms with Gasteiger partial charge in [-0.1, -0.05) is 22.0 Å². The number of quaternary nitrogens is 1. The van der Waals surface area contributed by atoms with Gasteiger partial charge >= 0.3 is 0 Å². The number of ether oxygens (including phenoxy) is 1. The zero-order valence-electron chi connectivity index (χ0n) is 9.54. The molecule has 1 amide bonds. The lowest BCUT2D eigenvalue weighted by Gasteiger charge is -2.23. The van der Waals surface area contributed by atoms with Gasteiger partial charge in [-0.15, -0.1) is 0 Å². The Morgan fingerprint density at radius 1 is 1.41 bits per heavy atom. The van der Waals surface area contributed by atoms with E-state index in [1.54, 1.807) is 0 Å². The Hall–Kier alpha value is -0.910. The highest BCUT2D eigenvalue weighted by Crippen LogP contribution is 2.15. The van der Waals surface area contributed by atoms with E-state index in [1.165, 1.54) is 4.90 Å². The number of nitrogens with one attached hydrogen (secondary N) is 2. The number of anilines is 1. The summed E-state index contributed by atoms with van der Waals surface area (Å²) in [7, 11) is 0. The first kappa shape index (κ1) is 12.5. The predicted molar refractivity (Wildman–Crippen MR) is 69.2 cm³/mol. The van der Waals surface area contributed by atoms with Crippen molar-refractivity contribution in [2.24, 2.45) is 0 Å². The van der Waals surface area contributed by atoms with Crippen LogP contribution in [0.3, 0.4) is 0 Å². The second kappa shape index (κ2) is 6.14. The fourth-order valence-electron chi connectivity index (χ4n) is 1.84. The second-order valence-electron chi connectivity index (χ2n) is 4.10. The Morgan fingerprint density at radius 3 is 2.88 bits per heavy atom.